The summed E-state index contributed by atoms with van der Waals surface area (Å²) in [5.74, 6) is 0. The number of rotatable bonds is 2. The second kappa shape index (κ2) is 9.08. The van der Waals surface area contributed by atoms with Crippen LogP contribution in [0.4, 0.5) is 50.0 Å². The summed E-state index contributed by atoms with van der Waals surface area (Å²) >= 11 is 5.58. The van der Waals surface area contributed by atoms with Gasteiger partial charge in [0.2, 0.25) is 0 Å². The molecule has 2 aromatic rings. The summed E-state index contributed by atoms with van der Waals surface area (Å²) in [7, 11) is 0. The minimum atomic E-state index is -5.10. The number of hydrogen-bond acceptors (Lipinski definition) is 2. The molecular weight excluding hydrogens is 519 g/mol. The van der Waals surface area contributed by atoms with Crippen molar-refractivity contribution in [1.82, 2.24) is 4.90 Å². The lowest BCUT2D eigenvalue weighted by Gasteiger charge is -2.38. The monoisotopic (exact) mass is 534 g/mol. The molecule has 1 fully saturated rings. The first-order valence-electron chi connectivity index (χ1n) is 9.85. The Morgan fingerprint density at radius 2 is 1.37 bits per heavy atom. The summed E-state index contributed by atoms with van der Waals surface area (Å²) in [4.78, 5) is 13.5. The lowest BCUT2D eigenvalue weighted by molar-refractivity contribution is -0.143. The third-order valence-electron chi connectivity index (χ3n) is 5.53. The van der Waals surface area contributed by atoms with Gasteiger partial charge >= 0.3 is 24.6 Å². The predicted octanol–water partition coefficient (Wildman–Crippen LogP) is 6.91. The smallest absolute Gasteiger partial charge is 0.385 e. The van der Waals surface area contributed by atoms with Gasteiger partial charge in [-0.3, -0.25) is 0 Å². The minimum absolute atomic E-state index is 0.0853. The second-order valence-electron chi connectivity index (χ2n) is 7.94. The Labute approximate surface area is 197 Å². The standard InChI is InChI=1S/C21H16ClF9N2O2/c22-16-2-1-11(10-15(16)21(29,30)31)18(35)3-5-33(6-4-18)17(34)32-14-8-12(19(23,24)25)7-13(9-14)20(26,27)28/h1-2,7-10,35H,3-6H2,(H,32,34). The number of urea groups is 1. The molecule has 1 aliphatic heterocycles. The molecule has 4 nitrogen and oxygen atoms in total. The average Bonchev–Trinajstić information content (AvgIpc) is 2.72. The van der Waals surface area contributed by atoms with Gasteiger partial charge in [-0.05, 0) is 48.7 Å². The predicted molar refractivity (Wildman–Crippen MR) is 107 cm³/mol. The van der Waals surface area contributed by atoms with Gasteiger partial charge in [-0.1, -0.05) is 17.7 Å². The van der Waals surface area contributed by atoms with Crippen LogP contribution < -0.4 is 5.32 Å². The fourth-order valence-electron chi connectivity index (χ4n) is 3.63. The Bertz CT molecular complexity index is 1070. The highest BCUT2D eigenvalue weighted by atomic mass is 35.5. The molecule has 192 valence electrons. The largest absolute Gasteiger partial charge is 0.417 e. The summed E-state index contributed by atoms with van der Waals surface area (Å²) in [5.41, 5.74) is -6.98. The van der Waals surface area contributed by atoms with Crippen LogP contribution >= 0.6 is 11.6 Å². The van der Waals surface area contributed by atoms with Crippen molar-refractivity contribution in [3.63, 3.8) is 0 Å². The van der Waals surface area contributed by atoms with Gasteiger partial charge in [-0.15, -0.1) is 0 Å². The van der Waals surface area contributed by atoms with Crippen molar-refractivity contribution in [2.75, 3.05) is 18.4 Å². The molecule has 2 aromatic carbocycles. The molecule has 1 saturated heterocycles. The zero-order valence-electron chi connectivity index (χ0n) is 17.4. The Hall–Kier alpha value is -2.67. The zero-order valence-corrected chi connectivity index (χ0v) is 18.1. The fourth-order valence-corrected chi connectivity index (χ4v) is 3.85. The van der Waals surface area contributed by atoms with E-state index < -0.39 is 57.6 Å². The molecule has 0 spiro atoms. The summed E-state index contributed by atoms with van der Waals surface area (Å²) in [6, 6.07) is 2.44. The van der Waals surface area contributed by atoms with Gasteiger partial charge in [0, 0.05) is 18.8 Å². The number of aliphatic hydroxyl groups is 1. The van der Waals surface area contributed by atoms with Crippen LogP contribution in [0.5, 0.6) is 0 Å². The number of nitrogens with zero attached hydrogens (tertiary/aromatic N) is 1. The fraction of sp³-hybridized carbons (Fsp3) is 0.381. The van der Waals surface area contributed by atoms with Crippen LogP contribution in [0.25, 0.3) is 0 Å². The van der Waals surface area contributed by atoms with E-state index in [9.17, 15) is 49.4 Å². The number of anilines is 1. The molecule has 2 amide bonds. The Balaban J connectivity index is 1.76. The van der Waals surface area contributed by atoms with Crippen molar-refractivity contribution in [2.45, 2.75) is 37.0 Å². The van der Waals surface area contributed by atoms with E-state index in [-0.39, 0.29) is 37.6 Å². The highest BCUT2D eigenvalue weighted by molar-refractivity contribution is 6.31. The topological polar surface area (TPSA) is 52.6 Å². The highest BCUT2D eigenvalue weighted by Gasteiger charge is 2.40. The number of piperidine rings is 1. The number of likely N-dealkylation sites (tertiary alicyclic amines) is 1. The Kier molecular flexibility index (Phi) is 6.99. The summed E-state index contributed by atoms with van der Waals surface area (Å²) in [5, 5.41) is 12.3. The molecule has 35 heavy (non-hydrogen) atoms. The van der Waals surface area contributed by atoms with Crippen molar-refractivity contribution < 1.29 is 49.4 Å². The van der Waals surface area contributed by atoms with E-state index in [1.807, 2.05) is 5.32 Å². The van der Waals surface area contributed by atoms with Crippen LogP contribution in [0.15, 0.2) is 36.4 Å². The first-order valence-corrected chi connectivity index (χ1v) is 10.2. The maximum absolute atomic E-state index is 13.1. The second-order valence-corrected chi connectivity index (χ2v) is 8.34. The molecule has 0 saturated carbocycles. The molecular formula is C21H16ClF9N2O2. The molecule has 0 aliphatic carbocycles. The van der Waals surface area contributed by atoms with Crippen LogP contribution in [-0.2, 0) is 24.1 Å². The number of hydrogen-bond donors (Lipinski definition) is 2. The molecule has 2 N–H and O–H groups in total. The molecule has 1 aliphatic rings. The SMILES string of the molecule is O=C(Nc1cc(C(F)(F)F)cc(C(F)(F)F)c1)N1CCC(O)(c2ccc(Cl)c(C(F)(F)F)c2)CC1. The maximum Gasteiger partial charge on any atom is 0.417 e. The minimum Gasteiger partial charge on any atom is -0.385 e. The molecule has 1 heterocycles. The van der Waals surface area contributed by atoms with E-state index >= 15 is 0 Å². The lowest BCUT2D eigenvalue weighted by atomic mass is 9.84. The van der Waals surface area contributed by atoms with E-state index in [0.29, 0.717) is 18.2 Å². The maximum atomic E-state index is 13.1. The summed E-state index contributed by atoms with van der Waals surface area (Å²) in [6.07, 6.45) is -15.5. The highest BCUT2D eigenvalue weighted by Crippen LogP contribution is 2.41. The first-order chi connectivity index (χ1) is 15.9. The quantitative estimate of drug-likeness (QED) is 0.411. The van der Waals surface area contributed by atoms with Gasteiger partial charge in [0.05, 0.1) is 27.3 Å². The van der Waals surface area contributed by atoms with Crippen LogP contribution in [0.1, 0.15) is 35.1 Å². The van der Waals surface area contributed by atoms with Crippen molar-refractivity contribution in [1.29, 1.82) is 0 Å². The zero-order chi connectivity index (χ0) is 26.4. The van der Waals surface area contributed by atoms with E-state index in [1.165, 1.54) is 6.07 Å². The van der Waals surface area contributed by atoms with Crippen molar-refractivity contribution in [2.24, 2.45) is 0 Å². The Morgan fingerprint density at radius 3 is 1.83 bits per heavy atom. The van der Waals surface area contributed by atoms with Crippen molar-refractivity contribution in [3.8, 4) is 0 Å². The molecule has 0 atom stereocenters. The van der Waals surface area contributed by atoms with Gasteiger partial charge in [-0.2, -0.15) is 39.5 Å². The molecule has 0 radical (unpaired) electrons. The average molecular weight is 535 g/mol. The van der Waals surface area contributed by atoms with E-state index in [4.69, 9.17) is 11.6 Å². The normalized spacial score (nSPS) is 16.8. The van der Waals surface area contributed by atoms with Gasteiger partial charge in [-0.25, -0.2) is 4.79 Å². The number of carbonyl (C=O) groups excluding carboxylic acids is 1. The molecule has 0 bridgehead atoms. The van der Waals surface area contributed by atoms with Gasteiger partial charge in [0.25, 0.3) is 0 Å². The number of alkyl halides is 9. The number of benzene rings is 2. The van der Waals surface area contributed by atoms with Crippen molar-refractivity contribution >= 4 is 23.3 Å². The Morgan fingerprint density at radius 1 is 0.857 bits per heavy atom. The van der Waals surface area contributed by atoms with E-state index in [0.717, 1.165) is 11.0 Å². The number of halogens is 10. The lowest BCUT2D eigenvalue weighted by Crippen LogP contribution is -2.46. The van der Waals surface area contributed by atoms with Gasteiger partial charge in [0.15, 0.2) is 0 Å². The molecule has 3 rings (SSSR count). The third-order valence-corrected chi connectivity index (χ3v) is 5.86. The number of amides is 2. The van der Waals surface area contributed by atoms with Crippen LogP contribution in [0.3, 0.4) is 0 Å². The van der Waals surface area contributed by atoms with Crippen LogP contribution in [-0.4, -0.2) is 29.1 Å². The first kappa shape index (κ1) is 26.9. The van der Waals surface area contributed by atoms with Crippen LogP contribution in [0.2, 0.25) is 5.02 Å². The molecule has 0 aromatic heterocycles. The molecule has 0 unspecified atom stereocenters. The summed E-state index contributed by atoms with van der Waals surface area (Å²) < 4.78 is 117. The number of carbonyl (C=O) groups is 1. The van der Waals surface area contributed by atoms with E-state index in [2.05, 4.69) is 0 Å². The van der Waals surface area contributed by atoms with Crippen LogP contribution in [0, 0.1) is 0 Å². The van der Waals surface area contributed by atoms with Crippen molar-refractivity contribution in [3.05, 3.63) is 63.7 Å². The summed E-state index contributed by atoms with van der Waals surface area (Å²) in [6.45, 7) is -0.477. The number of nitrogens with one attached hydrogen (secondary N) is 1. The van der Waals surface area contributed by atoms with Gasteiger partial charge < -0.3 is 15.3 Å². The third kappa shape index (κ3) is 6.13. The van der Waals surface area contributed by atoms with Gasteiger partial charge in [0.1, 0.15) is 0 Å². The van der Waals surface area contributed by atoms with E-state index in [1.54, 1.807) is 0 Å². The molecule has 14 heteroatoms.